The van der Waals surface area contributed by atoms with Crippen molar-refractivity contribution in [3.05, 3.63) is 89.4 Å². The van der Waals surface area contributed by atoms with Gasteiger partial charge in [-0.25, -0.2) is 14.2 Å². The summed E-state index contributed by atoms with van der Waals surface area (Å²) in [6.45, 7) is 0.753. The number of hydrogen-bond acceptors (Lipinski definition) is 6. The van der Waals surface area contributed by atoms with Crippen LogP contribution in [0, 0.1) is 5.82 Å². The first-order valence-corrected chi connectivity index (χ1v) is 10.8. The highest BCUT2D eigenvalue weighted by molar-refractivity contribution is 7.81. The number of thiol groups is 2. The van der Waals surface area contributed by atoms with Crippen LogP contribution in [-0.2, 0) is 0 Å². The number of aromatic nitrogens is 1. The van der Waals surface area contributed by atoms with Crippen LogP contribution in [0.5, 0.6) is 11.6 Å². The molecule has 0 amide bonds. The quantitative estimate of drug-likeness (QED) is 0.435. The molecular formula is C23H21FN2O3S2. The number of nitrogens with zero attached hydrogens (tertiary/aromatic N) is 2. The largest absolute Gasteiger partial charge is 0.478 e. The summed E-state index contributed by atoms with van der Waals surface area (Å²) < 4.78 is 18.7. The second kappa shape index (κ2) is 9.30. The zero-order chi connectivity index (χ0) is 22.0. The molecule has 0 aliphatic carbocycles. The van der Waals surface area contributed by atoms with Crippen molar-refractivity contribution in [3.63, 3.8) is 0 Å². The molecular weight excluding hydrogens is 435 g/mol. The predicted octanol–water partition coefficient (Wildman–Crippen LogP) is 5.39. The van der Waals surface area contributed by atoms with Crippen molar-refractivity contribution in [1.82, 2.24) is 9.88 Å². The Hall–Kier alpha value is -2.55. The topological polar surface area (TPSA) is 62.7 Å². The summed E-state index contributed by atoms with van der Waals surface area (Å²) >= 11 is 9.53. The number of ether oxygens (including phenoxy) is 1. The van der Waals surface area contributed by atoms with Crippen molar-refractivity contribution >= 4 is 31.2 Å². The fourth-order valence-electron chi connectivity index (χ4n) is 3.66. The van der Waals surface area contributed by atoms with Crippen LogP contribution >= 0.6 is 25.3 Å². The Balaban J connectivity index is 1.42. The maximum absolute atomic E-state index is 13.0. The van der Waals surface area contributed by atoms with Crippen molar-refractivity contribution in [1.29, 1.82) is 0 Å². The van der Waals surface area contributed by atoms with Gasteiger partial charge in [0, 0.05) is 18.8 Å². The minimum absolute atomic E-state index is 0.0155. The number of rotatable bonds is 6. The number of aromatic carboxylic acids is 1. The van der Waals surface area contributed by atoms with Crippen molar-refractivity contribution in [3.8, 4) is 11.6 Å². The van der Waals surface area contributed by atoms with E-state index in [-0.39, 0.29) is 28.0 Å². The van der Waals surface area contributed by atoms with Gasteiger partial charge in [0.1, 0.15) is 11.6 Å². The number of carboxylic acids is 1. The van der Waals surface area contributed by atoms with Crippen LogP contribution in [0.2, 0.25) is 0 Å². The third-order valence-electron chi connectivity index (χ3n) is 5.35. The molecule has 8 heteroatoms. The molecule has 0 bridgehead atoms. The first-order valence-electron chi connectivity index (χ1n) is 9.75. The first kappa shape index (κ1) is 21.7. The smallest absolute Gasteiger partial charge is 0.335 e. The number of benzene rings is 2. The highest BCUT2D eigenvalue weighted by atomic mass is 32.1. The molecule has 2 unspecified atom stereocenters. The summed E-state index contributed by atoms with van der Waals surface area (Å²) in [6.07, 6.45) is 2.55. The Labute approximate surface area is 190 Å². The number of carbonyl (C=O) groups is 1. The van der Waals surface area contributed by atoms with E-state index in [1.165, 1.54) is 12.1 Å². The van der Waals surface area contributed by atoms with Gasteiger partial charge in [0.2, 0.25) is 5.88 Å². The van der Waals surface area contributed by atoms with Gasteiger partial charge in [-0.05, 0) is 65.9 Å². The maximum Gasteiger partial charge on any atom is 0.335 e. The standard InChI is InChI=1S/C23H21FN2O3S2/c24-18-6-8-19(9-7-18)29-20-10-5-16(12-25-20)22(31)26-13-17(11-21(26)30)14-1-3-15(4-2-14)23(27)28/h1-10,12,17,21-22,30-31H,11,13H2,(H,27,28)/t17-,21?,22?/m0/s1. The van der Waals surface area contributed by atoms with Gasteiger partial charge in [-0.15, -0.1) is 0 Å². The van der Waals surface area contributed by atoms with Crippen molar-refractivity contribution in [2.24, 2.45) is 0 Å². The van der Waals surface area contributed by atoms with E-state index < -0.39 is 5.97 Å². The number of pyridine rings is 1. The van der Waals surface area contributed by atoms with Gasteiger partial charge in [-0.3, -0.25) is 4.90 Å². The molecule has 4 rings (SSSR count). The molecule has 1 aliphatic heterocycles. The zero-order valence-electron chi connectivity index (χ0n) is 16.4. The molecule has 0 spiro atoms. The van der Waals surface area contributed by atoms with E-state index in [1.54, 1.807) is 36.5 Å². The summed E-state index contributed by atoms with van der Waals surface area (Å²) in [6, 6.07) is 16.4. The molecule has 0 saturated carbocycles. The van der Waals surface area contributed by atoms with Crippen LogP contribution < -0.4 is 4.74 Å². The van der Waals surface area contributed by atoms with E-state index in [4.69, 9.17) is 35.1 Å². The van der Waals surface area contributed by atoms with Crippen LogP contribution in [-0.4, -0.2) is 32.9 Å². The lowest BCUT2D eigenvalue weighted by Gasteiger charge is -2.27. The van der Waals surface area contributed by atoms with E-state index in [2.05, 4.69) is 9.88 Å². The van der Waals surface area contributed by atoms with Gasteiger partial charge in [0.25, 0.3) is 0 Å². The second-order valence-corrected chi connectivity index (χ2v) is 8.48. The van der Waals surface area contributed by atoms with E-state index in [0.29, 0.717) is 11.6 Å². The molecule has 1 aliphatic rings. The summed E-state index contributed by atoms with van der Waals surface area (Å²) in [5.74, 6) is -0.0842. The minimum atomic E-state index is -0.929. The Bertz CT molecular complexity index is 1050. The van der Waals surface area contributed by atoms with Crippen LogP contribution in [0.1, 0.15) is 39.2 Å². The summed E-state index contributed by atoms with van der Waals surface area (Å²) in [7, 11) is 0. The summed E-state index contributed by atoms with van der Waals surface area (Å²) in [5.41, 5.74) is 2.28. The van der Waals surface area contributed by atoms with Gasteiger partial charge >= 0.3 is 5.97 Å². The lowest BCUT2D eigenvalue weighted by molar-refractivity contribution is 0.0697. The monoisotopic (exact) mass is 456 g/mol. The molecule has 1 N–H and O–H groups in total. The molecule has 1 aromatic heterocycles. The van der Waals surface area contributed by atoms with Crippen molar-refractivity contribution in [2.45, 2.75) is 23.1 Å². The number of halogens is 1. The fourth-order valence-corrected chi connectivity index (χ4v) is 4.66. The number of hydrogen-bond donors (Lipinski definition) is 3. The molecule has 31 heavy (non-hydrogen) atoms. The van der Waals surface area contributed by atoms with Gasteiger partial charge < -0.3 is 9.84 Å². The number of carboxylic acid groups (broad SMARTS) is 1. The van der Waals surface area contributed by atoms with Crippen LogP contribution in [0.3, 0.4) is 0 Å². The van der Waals surface area contributed by atoms with Crippen molar-refractivity contribution < 1.29 is 19.0 Å². The fraction of sp³-hybridized carbons (Fsp3) is 0.217. The highest BCUT2D eigenvalue weighted by Gasteiger charge is 2.34. The molecule has 0 radical (unpaired) electrons. The van der Waals surface area contributed by atoms with Crippen molar-refractivity contribution in [2.75, 3.05) is 6.54 Å². The number of likely N-dealkylation sites (tertiary alicyclic amines) is 1. The molecule has 2 aromatic carbocycles. The van der Waals surface area contributed by atoms with Crippen LogP contribution in [0.25, 0.3) is 0 Å². The van der Waals surface area contributed by atoms with Gasteiger partial charge in [-0.2, -0.15) is 25.3 Å². The third-order valence-corrected chi connectivity index (χ3v) is 6.45. The highest BCUT2D eigenvalue weighted by Crippen LogP contribution is 2.40. The lowest BCUT2D eigenvalue weighted by Crippen LogP contribution is -2.27. The van der Waals surface area contributed by atoms with Gasteiger partial charge in [0.05, 0.1) is 16.3 Å². The Morgan fingerprint density at radius 3 is 2.45 bits per heavy atom. The average molecular weight is 457 g/mol. The van der Waals surface area contributed by atoms with E-state index >= 15 is 0 Å². The Morgan fingerprint density at radius 1 is 1.13 bits per heavy atom. The molecule has 160 valence electrons. The van der Waals surface area contributed by atoms with Gasteiger partial charge in [0.15, 0.2) is 0 Å². The lowest BCUT2D eigenvalue weighted by atomic mass is 9.97. The molecule has 3 aromatic rings. The molecule has 3 atom stereocenters. The van der Waals surface area contributed by atoms with Crippen LogP contribution in [0.4, 0.5) is 4.39 Å². The Kier molecular flexibility index (Phi) is 6.50. The van der Waals surface area contributed by atoms with Gasteiger partial charge in [-0.1, -0.05) is 12.1 Å². The van der Waals surface area contributed by atoms with E-state index in [1.807, 2.05) is 18.2 Å². The molecule has 1 saturated heterocycles. The normalized spacial score (nSPS) is 19.8. The summed E-state index contributed by atoms with van der Waals surface area (Å²) in [4.78, 5) is 17.6. The third kappa shape index (κ3) is 5.03. The summed E-state index contributed by atoms with van der Waals surface area (Å²) in [5, 5.41) is 8.90. The maximum atomic E-state index is 13.0. The zero-order valence-corrected chi connectivity index (χ0v) is 18.2. The minimum Gasteiger partial charge on any atom is -0.478 e. The average Bonchev–Trinajstić information content (AvgIpc) is 3.17. The molecule has 1 fully saturated rings. The van der Waals surface area contributed by atoms with E-state index in [9.17, 15) is 9.18 Å². The predicted molar refractivity (Wildman–Crippen MR) is 123 cm³/mol. The molecule has 2 heterocycles. The molecule has 5 nitrogen and oxygen atoms in total. The SMILES string of the molecule is O=C(O)c1ccc([C@H]2CC(S)N(C(S)c3ccc(Oc4ccc(F)cc4)nc3)C2)cc1. The second-order valence-electron chi connectivity index (χ2n) is 7.40. The van der Waals surface area contributed by atoms with E-state index in [0.717, 1.165) is 24.1 Å². The van der Waals surface area contributed by atoms with Crippen LogP contribution in [0.15, 0.2) is 66.9 Å². The first-order chi connectivity index (χ1) is 14.9. The Morgan fingerprint density at radius 2 is 1.84 bits per heavy atom.